The molecule has 1 saturated heterocycles. The highest BCUT2D eigenvalue weighted by molar-refractivity contribution is 5.99. The van der Waals surface area contributed by atoms with E-state index in [2.05, 4.69) is 0 Å². The van der Waals surface area contributed by atoms with E-state index in [4.69, 9.17) is 15.2 Å². The van der Waals surface area contributed by atoms with Crippen LogP contribution in [0.3, 0.4) is 0 Å². The van der Waals surface area contributed by atoms with Crippen molar-refractivity contribution in [2.45, 2.75) is 13.0 Å². The second-order valence-electron chi connectivity index (χ2n) is 4.63. The van der Waals surface area contributed by atoms with Crippen molar-refractivity contribution in [2.75, 3.05) is 32.6 Å². The van der Waals surface area contributed by atoms with Gasteiger partial charge in [0.2, 0.25) is 0 Å². The minimum absolute atomic E-state index is 0.153. The van der Waals surface area contributed by atoms with Crippen molar-refractivity contribution in [1.82, 2.24) is 4.90 Å². The highest BCUT2D eigenvalue weighted by Gasteiger charge is 2.34. The largest absolute Gasteiger partial charge is 0.467 e. The van der Waals surface area contributed by atoms with Crippen LogP contribution in [0.4, 0.5) is 5.69 Å². The van der Waals surface area contributed by atoms with Gasteiger partial charge in [-0.3, -0.25) is 4.79 Å². The molecule has 1 fully saturated rings. The summed E-state index contributed by atoms with van der Waals surface area (Å²) in [5.41, 5.74) is 7.59. The topological polar surface area (TPSA) is 81.9 Å². The number of anilines is 1. The molecule has 1 heterocycles. The molecular formula is C14H18N2O4. The van der Waals surface area contributed by atoms with Gasteiger partial charge in [0, 0.05) is 17.8 Å². The van der Waals surface area contributed by atoms with Gasteiger partial charge in [0.1, 0.15) is 0 Å². The summed E-state index contributed by atoms with van der Waals surface area (Å²) in [6.07, 6.45) is 0. The van der Waals surface area contributed by atoms with Crippen LogP contribution in [-0.4, -0.2) is 49.7 Å². The van der Waals surface area contributed by atoms with Gasteiger partial charge in [-0.15, -0.1) is 0 Å². The van der Waals surface area contributed by atoms with Crippen molar-refractivity contribution in [3.63, 3.8) is 0 Å². The van der Waals surface area contributed by atoms with E-state index >= 15 is 0 Å². The molecule has 6 nitrogen and oxygen atoms in total. The SMILES string of the molecule is COC(=O)C1COCCN1C(=O)c1cccc(N)c1C. The third-order valence-corrected chi connectivity index (χ3v) is 3.47. The molecule has 1 aliphatic rings. The molecule has 0 radical (unpaired) electrons. The van der Waals surface area contributed by atoms with Crippen LogP contribution in [-0.2, 0) is 14.3 Å². The van der Waals surface area contributed by atoms with Crippen molar-refractivity contribution >= 4 is 17.6 Å². The number of morpholine rings is 1. The van der Waals surface area contributed by atoms with Gasteiger partial charge in [-0.25, -0.2) is 4.79 Å². The van der Waals surface area contributed by atoms with Crippen LogP contribution in [0.25, 0.3) is 0 Å². The lowest BCUT2D eigenvalue weighted by Gasteiger charge is -2.34. The highest BCUT2D eigenvalue weighted by Crippen LogP contribution is 2.20. The van der Waals surface area contributed by atoms with Gasteiger partial charge in [-0.2, -0.15) is 0 Å². The lowest BCUT2D eigenvalue weighted by atomic mass is 10.0. The van der Waals surface area contributed by atoms with Crippen molar-refractivity contribution in [2.24, 2.45) is 0 Å². The van der Waals surface area contributed by atoms with E-state index in [9.17, 15) is 9.59 Å². The van der Waals surface area contributed by atoms with Gasteiger partial charge in [0.25, 0.3) is 5.91 Å². The minimum atomic E-state index is -0.706. The molecule has 0 aromatic heterocycles. The summed E-state index contributed by atoms with van der Waals surface area (Å²) in [4.78, 5) is 25.8. The van der Waals surface area contributed by atoms with Crippen LogP contribution in [0.2, 0.25) is 0 Å². The first kappa shape index (κ1) is 14.3. The van der Waals surface area contributed by atoms with Gasteiger partial charge < -0.3 is 20.1 Å². The fourth-order valence-corrected chi connectivity index (χ4v) is 2.22. The van der Waals surface area contributed by atoms with Crippen molar-refractivity contribution in [1.29, 1.82) is 0 Å². The van der Waals surface area contributed by atoms with Crippen LogP contribution in [0.15, 0.2) is 18.2 Å². The van der Waals surface area contributed by atoms with E-state index in [1.54, 1.807) is 25.1 Å². The maximum absolute atomic E-state index is 12.6. The van der Waals surface area contributed by atoms with E-state index in [1.165, 1.54) is 12.0 Å². The first-order valence-electron chi connectivity index (χ1n) is 6.38. The molecule has 1 aromatic carbocycles. The lowest BCUT2D eigenvalue weighted by molar-refractivity contribution is -0.151. The number of methoxy groups -OCH3 is 1. The quantitative estimate of drug-likeness (QED) is 0.632. The maximum Gasteiger partial charge on any atom is 0.331 e. The summed E-state index contributed by atoms with van der Waals surface area (Å²) in [6, 6.07) is 4.46. The van der Waals surface area contributed by atoms with Gasteiger partial charge in [0.15, 0.2) is 6.04 Å². The Morgan fingerprint density at radius 2 is 2.20 bits per heavy atom. The molecule has 0 aliphatic carbocycles. The molecule has 108 valence electrons. The van der Waals surface area contributed by atoms with Gasteiger partial charge >= 0.3 is 5.97 Å². The summed E-state index contributed by atoms with van der Waals surface area (Å²) in [6.45, 7) is 2.70. The van der Waals surface area contributed by atoms with Crippen LogP contribution in [0, 0.1) is 6.92 Å². The van der Waals surface area contributed by atoms with E-state index in [0.29, 0.717) is 30.0 Å². The number of ether oxygens (including phenoxy) is 2. The zero-order valence-electron chi connectivity index (χ0n) is 11.6. The number of hydrogen-bond donors (Lipinski definition) is 1. The Kier molecular flexibility index (Phi) is 4.24. The first-order chi connectivity index (χ1) is 9.56. The third-order valence-electron chi connectivity index (χ3n) is 3.47. The van der Waals surface area contributed by atoms with Crippen LogP contribution in [0.1, 0.15) is 15.9 Å². The zero-order valence-corrected chi connectivity index (χ0v) is 11.6. The number of amides is 1. The predicted octanol–water partition coefficient (Wildman–Crippen LogP) is 0.591. The Morgan fingerprint density at radius 1 is 1.45 bits per heavy atom. The number of hydrogen-bond acceptors (Lipinski definition) is 5. The summed E-state index contributed by atoms with van der Waals surface area (Å²) in [5.74, 6) is -0.701. The Labute approximate surface area is 117 Å². The Hall–Kier alpha value is -2.08. The van der Waals surface area contributed by atoms with E-state index < -0.39 is 12.0 Å². The molecular weight excluding hydrogens is 260 g/mol. The van der Waals surface area contributed by atoms with Crippen LogP contribution < -0.4 is 5.73 Å². The van der Waals surface area contributed by atoms with E-state index in [-0.39, 0.29) is 12.5 Å². The molecule has 1 aromatic rings. The molecule has 1 amide bonds. The van der Waals surface area contributed by atoms with Crippen LogP contribution >= 0.6 is 0 Å². The fraction of sp³-hybridized carbons (Fsp3) is 0.429. The molecule has 2 N–H and O–H groups in total. The average molecular weight is 278 g/mol. The van der Waals surface area contributed by atoms with Crippen molar-refractivity contribution in [3.8, 4) is 0 Å². The third kappa shape index (κ3) is 2.60. The highest BCUT2D eigenvalue weighted by atomic mass is 16.5. The Bertz CT molecular complexity index is 530. The molecule has 2 rings (SSSR count). The normalized spacial score (nSPS) is 18.7. The second-order valence-corrected chi connectivity index (χ2v) is 4.63. The van der Waals surface area contributed by atoms with Crippen molar-refractivity contribution < 1.29 is 19.1 Å². The molecule has 1 aliphatic heterocycles. The Balaban J connectivity index is 2.30. The van der Waals surface area contributed by atoms with E-state index in [0.717, 1.165) is 0 Å². The van der Waals surface area contributed by atoms with E-state index in [1.807, 2.05) is 0 Å². The number of carbonyl (C=O) groups is 2. The van der Waals surface area contributed by atoms with Gasteiger partial charge in [0.05, 0.1) is 20.3 Å². The predicted molar refractivity (Wildman–Crippen MR) is 73.3 cm³/mol. The number of carbonyl (C=O) groups excluding carboxylic acids is 2. The Morgan fingerprint density at radius 3 is 2.90 bits per heavy atom. The zero-order chi connectivity index (χ0) is 14.7. The number of benzene rings is 1. The van der Waals surface area contributed by atoms with Gasteiger partial charge in [-0.1, -0.05) is 6.07 Å². The first-order valence-corrected chi connectivity index (χ1v) is 6.38. The summed E-state index contributed by atoms with van der Waals surface area (Å²) >= 11 is 0. The molecule has 0 saturated carbocycles. The maximum atomic E-state index is 12.6. The van der Waals surface area contributed by atoms with Crippen LogP contribution in [0.5, 0.6) is 0 Å². The monoisotopic (exact) mass is 278 g/mol. The summed E-state index contributed by atoms with van der Waals surface area (Å²) in [5, 5.41) is 0. The minimum Gasteiger partial charge on any atom is -0.467 e. The fourth-order valence-electron chi connectivity index (χ4n) is 2.22. The molecule has 0 bridgehead atoms. The number of nitrogen functional groups attached to an aromatic ring is 1. The number of esters is 1. The molecule has 1 atom stereocenters. The average Bonchev–Trinajstić information content (AvgIpc) is 2.48. The smallest absolute Gasteiger partial charge is 0.331 e. The van der Waals surface area contributed by atoms with Gasteiger partial charge in [-0.05, 0) is 24.6 Å². The number of nitrogens with zero attached hydrogens (tertiary/aromatic N) is 1. The lowest BCUT2D eigenvalue weighted by Crippen LogP contribution is -2.53. The molecule has 6 heteroatoms. The molecule has 0 spiro atoms. The standard InChI is InChI=1S/C14H18N2O4/c1-9-10(4-3-5-11(9)15)13(17)16-6-7-20-8-12(16)14(18)19-2/h3-5,12H,6-8,15H2,1-2H3. The number of rotatable bonds is 2. The second kappa shape index (κ2) is 5.92. The number of nitrogens with two attached hydrogens (primary N) is 1. The summed E-state index contributed by atoms with van der Waals surface area (Å²) < 4.78 is 9.98. The van der Waals surface area contributed by atoms with Crippen molar-refractivity contribution in [3.05, 3.63) is 29.3 Å². The molecule has 1 unspecified atom stereocenters. The molecule has 20 heavy (non-hydrogen) atoms. The summed E-state index contributed by atoms with van der Waals surface area (Å²) in [7, 11) is 1.30.